The van der Waals surface area contributed by atoms with Crippen molar-refractivity contribution in [3.8, 4) is 0 Å². The van der Waals surface area contributed by atoms with E-state index in [1.165, 1.54) is 48.5 Å². The van der Waals surface area contributed by atoms with E-state index in [0.717, 1.165) is 4.90 Å². The molecule has 0 radical (unpaired) electrons. The summed E-state index contributed by atoms with van der Waals surface area (Å²) in [6.07, 6.45) is 0.318. The summed E-state index contributed by atoms with van der Waals surface area (Å²) in [5.74, 6) is -2.68. The zero-order chi connectivity index (χ0) is 21.7. The lowest BCUT2D eigenvalue weighted by atomic mass is 10.2. The van der Waals surface area contributed by atoms with Gasteiger partial charge in [0.15, 0.2) is 6.61 Å². The van der Waals surface area contributed by atoms with Crippen molar-refractivity contribution >= 4 is 46.9 Å². The number of hydrazine groups is 1. The molecule has 2 N–H and O–H groups in total. The van der Waals surface area contributed by atoms with Crippen molar-refractivity contribution in [2.75, 3.05) is 11.5 Å². The van der Waals surface area contributed by atoms with E-state index in [9.17, 15) is 24.0 Å². The van der Waals surface area contributed by atoms with Gasteiger partial charge in [0.25, 0.3) is 11.8 Å². The number of benzene rings is 2. The van der Waals surface area contributed by atoms with Gasteiger partial charge in [-0.2, -0.15) is 0 Å². The highest BCUT2D eigenvalue weighted by atomic mass is 35.5. The second kappa shape index (κ2) is 9.19. The Morgan fingerprint density at radius 3 is 2.03 bits per heavy atom. The predicted octanol–water partition coefficient (Wildman–Crippen LogP) is 1.61. The third kappa shape index (κ3) is 5.00. The number of carbonyl (C=O) groups is 5. The van der Waals surface area contributed by atoms with E-state index in [4.69, 9.17) is 16.3 Å². The van der Waals surface area contributed by atoms with Gasteiger partial charge in [-0.15, -0.1) is 0 Å². The lowest BCUT2D eigenvalue weighted by Crippen LogP contribution is -2.43. The summed E-state index contributed by atoms with van der Waals surface area (Å²) in [6.45, 7) is -0.620. The van der Waals surface area contributed by atoms with Crippen molar-refractivity contribution in [3.63, 3.8) is 0 Å². The minimum atomic E-state index is -0.778. The molecule has 1 aliphatic rings. The number of hydrogen-bond donors (Lipinski definition) is 2. The van der Waals surface area contributed by atoms with Gasteiger partial charge in [0.1, 0.15) is 0 Å². The number of ether oxygens (including phenoxy) is 1. The Morgan fingerprint density at radius 2 is 1.43 bits per heavy atom. The molecule has 0 unspecified atom stereocenters. The highest BCUT2D eigenvalue weighted by molar-refractivity contribution is 6.30. The SMILES string of the molecule is O=C(COC(=O)c1ccc(N2C(=O)CCC2=O)cc1)NNC(=O)c1ccc(Cl)cc1. The van der Waals surface area contributed by atoms with Crippen molar-refractivity contribution in [2.45, 2.75) is 12.8 Å². The molecule has 0 aliphatic carbocycles. The standard InChI is InChI=1S/C20H16ClN3O6/c21-14-5-1-12(2-6-14)19(28)23-22-16(25)11-30-20(29)13-3-7-15(8-4-13)24-17(26)9-10-18(24)27/h1-8H,9-11H2,(H,22,25)(H,23,28). The summed E-state index contributed by atoms with van der Waals surface area (Å²) in [7, 11) is 0. The molecule has 3 rings (SSSR count). The Balaban J connectivity index is 1.47. The van der Waals surface area contributed by atoms with Gasteiger partial charge in [0.2, 0.25) is 11.8 Å². The second-order valence-corrected chi connectivity index (χ2v) is 6.69. The van der Waals surface area contributed by atoms with Crippen LogP contribution in [0, 0.1) is 0 Å². The van der Waals surface area contributed by atoms with Crippen LogP contribution in [0.3, 0.4) is 0 Å². The smallest absolute Gasteiger partial charge is 0.338 e. The molecule has 4 amide bonds. The molecular weight excluding hydrogens is 414 g/mol. The van der Waals surface area contributed by atoms with Crippen LogP contribution in [0.2, 0.25) is 5.02 Å². The number of anilines is 1. The molecule has 30 heavy (non-hydrogen) atoms. The van der Waals surface area contributed by atoms with Gasteiger partial charge in [-0.05, 0) is 48.5 Å². The third-order valence-electron chi connectivity index (χ3n) is 4.17. The number of rotatable bonds is 5. The van der Waals surface area contributed by atoms with Crippen LogP contribution >= 0.6 is 11.6 Å². The minimum absolute atomic E-state index is 0.135. The lowest BCUT2D eigenvalue weighted by molar-refractivity contribution is -0.125. The monoisotopic (exact) mass is 429 g/mol. The number of nitrogens with one attached hydrogen (secondary N) is 2. The molecule has 2 aromatic carbocycles. The molecule has 154 valence electrons. The van der Waals surface area contributed by atoms with Crippen LogP contribution in [-0.4, -0.2) is 36.2 Å². The number of imide groups is 1. The molecule has 0 atom stereocenters. The van der Waals surface area contributed by atoms with E-state index in [0.29, 0.717) is 10.7 Å². The van der Waals surface area contributed by atoms with E-state index >= 15 is 0 Å². The fourth-order valence-electron chi connectivity index (χ4n) is 2.66. The highest BCUT2D eigenvalue weighted by Crippen LogP contribution is 2.22. The van der Waals surface area contributed by atoms with E-state index in [1.807, 2.05) is 0 Å². The average molecular weight is 430 g/mol. The van der Waals surface area contributed by atoms with Crippen LogP contribution in [0.4, 0.5) is 5.69 Å². The van der Waals surface area contributed by atoms with Crippen molar-refractivity contribution in [2.24, 2.45) is 0 Å². The van der Waals surface area contributed by atoms with Gasteiger partial charge < -0.3 is 4.74 Å². The first-order valence-electron chi connectivity index (χ1n) is 8.83. The van der Waals surface area contributed by atoms with Gasteiger partial charge in [-0.1, -0.05) is 11.6 Å². The summed E-state index contributed by atoms with van der Waals surface area (Å²) in [5, 5.41) is 0.467. The number of halogens is 1. The van der Waals surface area contributed by atoms with Gasteiger partial charge in [-0.3, -0.25) is 34.9 Å². The first-order chi connectivity index (χ1) is 14.3. The normalized spacial score (nSPS) is 13.2. The topological polar surface area (TPSA) is 122 Å². The number of nitrogens with zero attached hydrogens (tertiary/aromatic N) is 1. The number of hydrogen-bond acceptors (Lipinski definition) is 6. The molecule has 1 fully saturated rings. The Kier molecular flexibility index (Phi) is 6.43. The number of amides is 4. The fourth-order valence-corrected chi connectivity index (χ4v) is 2.79. The Hall–Kier alpha value is -3.72. The maximum atomic E-state index is 12.1. The van der Waals surface area contributed by atoms with Gasteiger partial charge in [0, 0.05) is 23.4 Å². The van der Waals surface area contributed by atoms with Crippen LogP contribution in [0.5, 0.6) is 0 Å². The van der Waals surface area contributed by atoms with Crippen molar-refractivity contribution in [1.29, 1.82) is 0 Å². The fraction of sp³-hybridized carbons (Fsp3) is 0.150. The summed E-state index contributed by atoms with van der Waals surface area (Å²) < 4.78 is 4.88. The third-order valence-corrected chi connectivity index (χ3v) is 4.42. The summed E-state index contributed by atoms with van der Waals surface area (Å²) in [4.78, 5) is 60.2. The minimum Gasteiger partial charge on any atom is -0.452 e. The predicted molar refractivity (Wildman–Crippen MR) is 106 cm³/mol. The zero-order valence-corrected chi connectivity index (χ0v) is 16.3. The summed E-state index contributed by atoms with van der Waals surface area (Å²) >= 11 is 5.74. The number of carbonyl (C=O) groups excluding carboxylic acids is 5. The average Bonchev–Trinajstić information content (AvgIpc) is 3.08. The summed E-state index contributed by atoms with van der Waals surface area (Å²) in [5.41, 5.74) is 5.10. The molecule has 1 heterocycles. The molecule has 9 nitrogen and oxygen atoms in total. The van der Waals surface area contributed by atoms with E-state index in [2.05, 4.69) is 10.9 Å². The maximum Gasteiger partial charge on any atom is 0.338 e. The Morgan fingerprint density at radius 1 is 0.867 bits per heavy atom. The van der Waals surface area contributed by atoms with E-state index < -0.39 is 24.4 Å². The van der Waals surface area contributed by atoms with Gasteiger partial charge >= 0.3 is 5.97 Å². The second-order valence-electron chi connectivity index (χ2n) is 6.26. The van der Waals surface area contributed by atoms with Crippen molar-refractivity contribution in [3.05, 3.63) is 64.7 Å². The van der Waals surface area contributed by atoms with Crippen LogP contribution in [0.1, 0.15) is 33.6 Å². The zero-order valence-electron chi connectivity index (χ0n) is 15.5. The first-order valence-corrected chi connectivity index (χ1v) is 9.20. The van der Waals surface area contributed by atoms with Crippen LogP contribution in [0.15, 0.2) is 48.5 Å². The molecule has 0 spiro atoms. The molecule has 2 aromatic rings. The van der Waals surface area contributed by atoms with Gasteiger partial charge in [-0.25, -0.2) is 4.79 Å². The molecule has 1 saturated heterocycles. The number of esters is 1. The van der Waals surface area contributed by atoms with Crippen LogP contribution in [0.25, 0.3) is 0 Å². The van der Waals surface area contributed by atoms with Crippen molar-refractivity contribution in [1.82, 2.24) is 10.9 Å². The molecule has 1 aliphatic heterocycles. The molecule has 0 aromatic heterocycles. The lowest BCUT2D eigenvalue weighted by Gasteiger charge is -2.14. The first kappa shape index (κ1) is 21.0. The Labute approximate surface area is 175 Å². The molecule has 10 heteroatoms. The van der Waals surface area contributed by atoms with Crippen LogP contribution in [-0.2, 0) is 19.1 Å². The van der Waals surface area contributed by atoms with E-state index in [-0.39, 0.29) is 35.8 Å². The van der Waals surface area contributed by atoms with Crippen molar-refractivity contribution < 1.29 is 28.7 Å². The highest BCUT2D eigenvalue weighted by Gasteiger charge is 2.30. The molecular formula is C20H16ClN3O6. The molecule has 0 saturated carbocycles. The van der Waals surface area contributed by atoms with Gasteiger partial charge in [0.05, 0.1) is 11.3 Å². The molecule has 0 bridgehead atoms. The van der Waals surface area contributed by atoms with E-state index in [1.54, 1.807) is 0 Å². The Bertz CT molecular complexity index is 988. The maximum absolute atomic E-state index is 12.1. The largest absolute Gasteiger partial charge is 0.452 e. The quantitative estimate of drug-likeness (QED) is 0.423. The van der Waals surface area contributed by atoms with Crippen LogP contribution < -0.4 is 15.8 Å². The summed E-state index contributed by atoms with van der Waals surface area (Å²) in [6, 6.07) is 11.7.